The van der Waals surface area contributed by atoms with E-state index in [4.69, 9.17) is 0 Å². The summed E-state index contributed by atoms with van der Waals surface area (Å²) < 4.78 is 0. The molecule has 0 aliphatic heterocycles. The van der Waals surface area contributed by atoms with Gasteiger partial charge in [-0.2, -0.15) is 0 Å². The second kappa shape index (κ2) is 8.00. The molecule has 0 bridgehead atoms. The van der Waals surface area contributed by atoms with Crippen molar-refractivity contribution in [3.05, 3.63) is 70.2 Å². The van der Waals surface area contributed by atoms with Crippen LogP contribution in [-0.2, 0) is 22.4 Å². The van der Waals surface area contributed by atoms with Crippen LogP contribution in [0.3, 0.4) is 0 Å². The Balaban J connectivity index is 2.39. The number of carbonyl (C=O) groups is 2. The third-order valence-corrected chi connectivity index (χ3v) is 4.45. The van der Waals surface area contributed by atoms with E-state index < -0.39 is 0 Å². The van der Waals surface area contributed by atoms with Crippen LogP contribution in [0.2, 0.25) is 0 Å². The van der Waals surface area contributed by atoms with Crippen molar-refractivity contribution >= 4 is 22.3 Å². The molecule has 0 saturated heterocycles. The van der Waals surface area contributed by atoms with E-state index in [0.717, 1.165) is 21.9 Å². The zero-order valence-electron chi connectivity index (χ0n) is 15.6. The number of hydrogen-bond acceptors (Lipinski definition) is 4. The van der Waals surface area contributed by atoms with Crippen LogP contribution in [0.1, 0.15) is 38.8 Å². The molecule has 0 spiro atoms. The van der Waals surface area contributed by atoms with Gasteiger partial charge in [-0.3, -0.25) is 9.59 Å². The first-order chi connectivity index (χ1) is 12.2. The molecule has 0 heterocycles. The minimum absolute atomic E-state index is 0.0426. The van der Waals surface area contributed by atoms with Crippen molar-refractivity contribution < 1.29 is 19.8 Å². The molecule has 4 heteroatoms. The van der Waals surface area contributed by atoms with E-state index in [1.54, 1.807) is 0 Å². The first-order valence-corrected chi connectivity index (χ1v) is 8.50. The van der Waals surface area contributed by atoms with Crippen LogP contribution in [0.4, 0.5) is 0 Å². The molecule has 136 valence electrons. The van der Waals surface area contributed by atoms with Gasteiger partial charge in [0.1, 0.15) is 0 Å². The smallest absolute Gasteiger partial charge is 0.159 e. The van der Waals surface area contributed by atoms with Crippen LogP contribution in [0, 0.1) is 0 Å². The summed E-state index contributed by atoms with van der Waals surface area (Å²) in [6.45, 7) is 5.92. The van der Waals surface area contributed by atoms with Gasteiger partial charge in [0.2, 0.25) is 0 Å². The van der Waals surface area contributed by atoms with E-state index >= 15 is 0 Å². The van der Waals surface area contributed by atoms with Crippen molar-refractivity contribution in [3.8, 4) is 0 Å². The van der Waals surface area contributed by atoms with Crippen molar-refractivity contribution in [1.29, 1.82) is 0 Å². The van der Waals surface area contributed by atoms with E-state index in [9.17, 15) is 19.8 Å². The first kappa shape index (κ1) is 19.4. The van der Waals surface area contributed by atoms with E-state index in [1.807, 2.05) is 36.4 Å². The predicted octanol–water partition coefficient (Wildman–Crippen LogP) is 4.77. The summed E-state index contributed by atoms with van der Waals surface area (Å²) in [4.78, 5) is 23.4. The minimum atomic E-state index is -0.145. The van der Waals surface area contributed by atoms with Gasteiger partial charge in [0.15, 0.2) is 11.6 Å². The minimum Gasteiger partial charge on any atom is -0.512 e. The number of rotatable bonds is 6. The first-order valence-electron chi connectivity index (χ1n) is 8.50. The van der Waals surface area contributed by atoms with Crippen LogP contribution in [0.15, 0.2) is 59.1 Å². The summed E-state index contributed by atoms with van der Waals surface area (Å²) in [6, 6.07) is 11.8. The number of aliphatic hydroxyl groups is 2. The van der Waals surface area contributed by atoms with Crippen molar-refractivity contribution in [3.63, 3.8) is 0 Å². The highest BCUT2D eigenvalue weighted by Gasteiger charge is 2.11. The molecule has 0 amide bonds. The molecule has 4 nitrogen and oxygen atoms in total. The monoisotopic (exact) mass is 352 g/mol. The average Bonchev–Trinajstić information content (AvgIpc) is 2.55. The fourth-order valence-corrected chi connectivity index (χ4v) is 2.99. The normalized spacial score (nSPS) is 13.2. The number of Topliss-reactive ketones (excluding diaryl/α,β-unsaturated/α-hetero) is 2. The van der Waals surface area contributed by atoms with E-state index in [1.165, 1.54) is 27.7 Å². The number of carbonyl (C=O) groups excluding carboxylic acids is 2. The Labute approximate surface area is 153 Å². The highest BCUT2D eigenvalue weighted by molar-refractivity contribution is 5.95. The average molecular weight is 352 g/mol. The van der Waals surface area contributed by atoms with Gasteiger partial charge >= 0.3 is 0 Å². The van der Waals surface area contributed by atoms with Gasteiger partial charge in [-0.1, -0.05) is 36.4 Å². The van der Waals surface area contributed by atoms with Crippen LogP contribution in [0.25, 0.3) is 10.8 Å². The molecular weight excluding hydrogens is 328 g/mol. The Morgan fingerprint density at radius 1 is 0.692 bits per heavy atom. The van der Waals surface area contributed by atoms with Gasteiger partial charge in [-0.05, 0) is 49.6 Å². The molecule has 0 aliphatic carbocycles. The summed E-state index contributed by atoms with van der Waals surface area (Å²) in [6.07, 6.45) is 0.734. The molecule has 0 atom stereocenters. The van der Waals surface area contributed by atoms with Crippen molar-refractivity contribution in [2.45, 2.75) is 40.5 Å². The summed E-state index contributed by atoms with van der Waals surface area (Å²) >= 11 is 0. The third-order valence-electron chi connectivity index (χ3n) is 4.45. The zero-order valence-corrected chi connectivity index (χ0v) is 15.6. The van der Waals surface area contributed by atoms with Crippen molar-refractivity contribution in [2.24, 2.45) is 0 Å². The molecule has 26 heavy (non-hydrogen) atoms. The molecule has 0 fully saturated rings. The summed E-state index contributed by atoms with van der Waals surface area (Å²) in [5.41, 5.74) is 2.65. The molecule has 2 aromatic carbocycles. The Morgan fingerprint density at radius 3 is 1.38 bits per heavy atom. The largest absolute Gasteiger partial charge is 0.512 e. The molecule has 2 aromatic rings. The molecular formula is C22H24O4. The molecule has 0 aromatic heterocycles. The lowest BCUT2D eigenvalue weighted by atomic mass is 9.95. The van der Waals surface area contributed by atoms with Crippen molar-refractivity contribution in [2.75, 3.05) is 0 Å². The number of ketones is 2. The maximum Gasteiger partial charge on any atom is 0.159 e. The maximum atomic E-state index is 11.7. The summed E-state index contributed by atoms with van der Waals surface area (Å²) in [5, 5.41) is 21.4. The van der Waals surface area contributed by atoms with Gasteiger partial charge in [-0.15, -0.1) is 0 Å². The molecule has 0 aliphatic rings. The number of aliphatic hydroxyl groups excluding tert-OH is 2. The highest BCUT2D eigenvalue weighted by atomic mass is 16.3. The lowest BCUT2D eigenvalue weighted by molar-refractivity contribution is -0.114. The Kier molecular flexibility index (Phi) is 5.98. The van der Waals surface area contributed by atoms with Gasteiger partial charge in [0, 0.05) is 24.0 Å². The molecule has 0 unspecified atom stereocenters. The van der Waals surface area contributed by atoms with Crippen LogP contribution in [0.5, 0.6) is 0 Å². The van der Waals surface area contributed by atoms with Crippen LogP contribution in [-0.4, -0.2) is 21.8 Å². The Bertz CT molecular complexity index is 852. The molecule has 2 N–H and O–H groups in total. The van der Waals surface area contributed by atoms with Gasteiger partial charge in [0.05, 0.1) is 11.5 Å². The zero-order chi connectivity index (χ0) is 19.4. The second-order valence-electron chi connectivity index (χ2n) is 6.61. The maximum absolute atomic E-state index is 11.7. The van der Waals surface area contributed by atoms with E-state index in [2.05, 4.69) is 0 Å². The summed E-state index contributed by atoms with van der Waals surface area (Å²) in [7, 11) is 0. The topological polar surface area (TPSA) is 74.6 Å². The number of benzene rings is 2. The van der Waals surface area contributed by atoms with Crippen LogP contribution >= 0.6 is 0 Å². The quantitative estimate of drug-likeness (QED) is 0.580. The lowest BCUT2D eigenvalue weighted by Gasteiger charge is -2.09. The predicted molar refractivity (Wildman–Crippen MR) is 103 cm³/mol. The standard InChI is InChI=1S/C22H24O4/c1-13(23)21(14(2)24)11-17-5-7-19-8-6-18(10-20(19)9-17)12-22(15(3)25)16(4)26/h5-10,23,25H,11-12H2,1-4H3/b21-13-,22-15-. The Hall–Kier alpha value is -2.88. The van der Waals surface area contributed by atoms with E-state index in [0.29, 0.717) is 24.0 Å². The van der Waals surface area contributed by atoms with Crippen LogP contribution < -0.4 is 0 Å². The van der Waals surface area contributed by atoms with Crippen molar-refractivity contribution in [1.82, 2.24) is 0 Å². The number of allylic oxidation sites excluding steroid dienone is 4. The number of hydrogen-bond donors (Lipinski definition) is 2. The Morgan fingerprint density at radius 2 is 1.08 bits per heavy atom. The molecule has 0 saturated carbocycles. The number of fused-ring (bicyclic) bond motifs is 1. The van der Waals surface area contributed by atoms with Gasteiger partial charge in [0.25, 0.3) is 0 Å². The highest BCUT2D eigenvalue weighted by Crippen LogP contribution is 2.22. The third kappa shape index (κ3) is 4.60. The molecule has 0 radical (unpaired) electrons. The molecule has 2 rings (SSSR count). The fourth-order valence-electron chi connectivity index (χ4n) is 2.99. The van der Waals surface area contributed by atoms with Gasteiger partial charge < -0.3 is 10.2 Å². The lowest BCUT2D eigenvalue weighted by Crippen LogP contribution is -2.04. The summed E-state index contributed by atoms with van der Waals surface area (Å²) in [5.74, 6) is -0.205. The van der Waals surface area contributed by atoms with E-state index in [-0.39, 0.29) is 23.1 Å². The van der Waals surface area contributed by atoms with Gasteiger partial charge in [-0.25, -0.2) is 0 Å². The SMILES string of the molecule is CC(=O)/C(Cc1ccc2ccc(C/C(C(C)=O)=C(\C)O)cc2c1)=C(/C)O. The second-order valence-corrected chi connectivity index (χ2v) is 6.61. The fraction of sp³-hybridized carbons (Fsp3) is 0.273.